The molecule has 0 spiro atoms. The molecule has 45 heavy (non-hydrogen) atoms. The molecule has 3 aromatic carbocycles. The molecule has 1 aliphatic rings. The molecule has 3 aromatic rings. The summed E-state index contributed by atoms with van der Waals surface area (Å²) in [5.74, 6) is -0.878. The van der Waals surface area contributed by atoms with Gasteiger partial charge >= 0.3 is 0 Å². The molecule has 12 nitrogen and oxygen atoms in total. The summed E-state index contributed by atoms with van der Waals surface area (Å²) in [6.07, 6.45) is 8.27. The largest absolute Gasteiger partial charge is 0.330 e. The Morgan fingerprint density at radius 1 is 0.822 bits per heavy atom. The third-order valence-electron chi connectivity index (χ3n) is 7.37. The molecule has 0 unspecified atom stereocenters. The van der Waals surface area contributed by atoms with Gasteiger partial charge in [0.15, 0.2) is 0 Å². The van der Waals surface area contributed by atoms with Gasteiger partial charge in [-0.15, -0.1) is 0 Å². The van der Waals surface area contributed by atoms with Gasteiger partial charge in [-0.25, -0.2) is 0 Å². The summed E-state index contributed by atoms with van der Waals surface area (Å²) < 4.78 is 72.1. The van der Waals surface area contributed by atoms with Crippen molar-refractivity contribution < 1.29 is 35.5 Å². The molecule has 0 atom stereocenters. The van der Waals surface area contributed by atoms with Crippen LogP contribution in [-0.4, -0.2) is 50.8 Å². The lowest BCUT2D eigenvalue weighted by molar-refractivity contribution is -0.115. The normalized spacial score (nSPS) is 14.4. The minimum absolute atomic E-state index is 0.101. The number of fused-ring (bicyclic) bond motifs is 1. The van der Waals surface area contributed by atoms with Gasteiger partial charge in [-0.2, -0.15) is 16.8 Å². The maximum atomic E-state index is 13.1. The number of carbonyl (C=O) groups is 2. The third-order valence-corrected chi connectivity index (χ3v) is 9.32. The summed E-state index contributed by atoms with van der Waals surface area (Å²) in [6.45, 7) is 3.27. The fourth-order valence-electron chi connectivity index (χ4n) is 5.55. The average molecular weight is 655 g/mol. The maximum Gasteiger partial charge on any atom is 0.296 e. The highest BCUT2D eigenvalue weighted by Crippen LogP contribution is 2.45. The van der Waals surface area contributed by atoms with Gasteiger partial charge in [-0.05, 0) is 60.5 Å². The number of rotatable bonds is 10. The summed E-state index contributed by atoms with van der Waals surface area (Å²) in [5, 5.41) is 5.80. The zero-order valence-electron chi connectivity index (χ0n) is 24.6. The van der Waals surface area contributed by atoms with Crippen molar-refractivity contribution >= 4 is 59.8 Å². The Bertz CT molecular complexity index is 1970. The van der Waals surface area contributed by atoms with E-state index in [1.165, 1.54) is 38.1 Å². The lowest BCUT2D eigenvalue weighted by atomic mass is 9.76. The van der Waals surface area contributed by atoms with E-state index in [2.05, 4.69) is 10.6 Å². The van der Waals surface area contributed by atoms with E-state index in [4.69, 9.17) is 11.5 Å². The Balaban J connectivity index is 2.26. The highest BCUT2D eigenvalue weighted by Gasteiger charge is 2.34. The van der Waals surface area contributed by atoms with Gasteiger partial charge < -0.3 is 22.1 Å². The van der Waals surface area contributed by atoms with E-state index in [-0.39, 0.29) is 39.1 Å². The van der Waals surface area contributed by atoms with E-state index < -0.39 is 41.3 Å². The van der Waals surface area contributed by atoms with Crippen molar-refractivity contribution in [3.63, 3.8) is 0 Å². The Labute approximate surface area is 261 Å². The van der Waals surface area contributed by atoms with Gasteiger partial charge in [-0.1, -0.05) is 54.6 Å². The van der Waals surface area contributed by atoms with E-state index >= 15 is 0 Å². The van der Waals surface area contributed by atoms with Gasteiger partial charge in [-0.3, -0.25) is 18.7 Å². The van der Waals surface area contributed by atoms with Crippen LogP contribution in [0.5, 0.6) is 0 Å². The van der Waals surface area contributed by atoms with E-state index in [1.54, 1.807) is 30.4 Å². The molecule has 0 saturated carbocycles. The number of allylic oxidation sites excluding steroid dienone is 5. The van der Waals surface area contributed by atoms with Crippen LogP contribution in [0.1, 0.15) is 37.8 Å². The summed E-state index contributed by atoms with van der Waals surface area (Å²) in [5.41, 5.74) is 12.2. The lowest BCUT2D eigenvalue weighted by Crippen LogP contribution is -2.25. The van der Waals surface area contributed by atoms with Crippen molar-refractivity contribution in [2.75, 3.05) is 23.7 Å². The van der Waals surface area contributed by atoms with Crippen LogP contribution >= 0.6 is 0 Å². The molecule has 8 N–H and O–H groups in total. The van der Waals surface area contributed by atoms with Crippen LogP contribution in [0.4, 0.5) is 11.4 Å². The van der Waals surface area contributed by atoms with Crippen LogP contribution in [-0.2, 0) is 29.8 Å². The second kappa shape index (κ2) is 13.0. The Morgan fingerprint density at radius 2 is 1.42 bits per heavy atom. The van der Waals surface area contributed by atoms with Gasteiger partial charge in [0.2, 0.25) is 11.8 Å². The monoisotopic (exact) mass is 654 g/mol. The van der Waals surface area contributed by atoms with Crippen LogP contribution in [0.15, 0.2) is 88.2 Å². The molecule has 0 radical (unpaired) electrons. The van der Waals surface area contributed by atoms with E-state index in [1.807, 2.05) is 12.2 Å². The number of anilines is 2. The Kier molecular flexibility index (Phi) is 9.77. The van der Waals surface area contributed by atoms with Crippen molar-refractivity contribution in [1.29, 1.82) is 0 Å². The molecule has 14 heteroatoms. The molecule has 2 amide bonds. The van der Waals surface area contributed by atoms with Gasteiger partial charge in [0.25, 0.3) is 20.2 Å². The number of carbonyl (C=O) groups excluding carboxylic acids is 2. The topological polar surface area (TPSA) is 219 Å². The molecule has 0 bridgehead atoms. The number of amides is 2. The number of nitrogens with two attached hydrogens (primary N) is 2. The predicted octanol–water partition coefficient (Wildman–Crippen LogP) is 3.86. The molecule has 0 saturated heterocycles. The highest BCUT2D eigenvalue weighted by atomic mass is 32.2. The fraction of sp³-hybridized carbons (Fsp3) is 0.226. The molecule has 0 aromatic heterocycles. The summed E-state index contributed by atoms with van der Waals surface area (Å²) in [4.78, 5) is 22.1. The van der Waals surface area contributed by atoms with Crippen molar-refractivity contribution in [2.45, 2.75) is 36.5 Å². The second-order valence-corrected chi connectivity index (χ2v) is 13.4. The molecule has 0 heterocycles. The maximum absolute atomic E-state index is 13.1. The van der Waals surface area contributed by atoms with Crippen LogP contribution < -0.4 is 22.1 Å². The van der Waals surface area contributed by atoms with Crippen molar-refractivity contribution in [2.24, 2.45) is 16.9 Å². The molecule has 4 rings (SSSR count). The second-order valence-electron chi connectivity index (χ2n) is 10.7. The molecule has 238 valence electrons. The van der Waals surface area contributed by atoms with Gasteiger partial charge in [0, 0.05) is 41.6 Å². The van der Waals surface area contributed by atoms with Crippen molar-refractivity contribution in [3.05, 3.63) is 89.5 Å². The number of hydrogen-bond donors (Lipinski definition) is 6. The van der Waals surface area contributed by atoms with Gasteiger partial charge in [0.05, 0.1) is 5.69 Å². The molecular weight excluding hydrogens is 620 g/mol. The van der Waals surface area contributed by atoms with Gasteiger partial charge in [0.1, 0.15) is 9.79 Å². The first kappa shape index (κ1) is 33.7. The smallest absolute Gasteiger partial charge is 0.296 e. The van der Waals surface area contributed by atoms with Crippen LogP contribution in [0.2, 0.25) is 0 Å². The molecular formula is C31H34N4O8S2. The quantitative estimate of drug-likeness (QED) is 0.173. The Morgan fingerprint density at radius 3 is 1.96 bits per heavy atom. The number of nitrogens with one attached hydrogen (secondary N) is 2. The van der Waals surface area contributed by atoms with E-state index in [0.29, 0.717) is 37.2 Å². The first-order chi connectivity index (χ1) is 21.1. The first-order valence-corrected chi connectivity index (χ1v) is 16.7. The molecule has 0 aliphatic heterocycles. The highest BCUT2D eigenvalue weighted by molar-refractivity contribution is 7.89. The minimum Gasteiger partial charge on any atom is -0.330 e. The SMILES string of the molecule is CC(=O)Nc1ccc(C(=C2C=CC(CCN)(CCN)C=C2)c2c(S(=O)(=O)O)c(S(=O)(=O)O)cc3ccccc23)c(NC(C)=O)c1. The van der Waals surface area contributed by atoms with Crippen molar-refractivity contribution in [3.8, 4) is 0 Å². The third kappa shape index (κ3) is 7.39. The summed E-state index contributed by atoms with van der Waals surface area (Å²) in [6, 6.07) is 11.7. The Hall–Kier alpha value is -4.18. The lowest BCUT2D eigenvalue weighted by Gasteiger charge is -2.30. The van der Waals surface area contributed by atoms with Crippen LogP contribution in [0, 0.1) is 5.41 Å². The minimum atomic E-state index is -5.33. The van der Waals surface area contributed by atoms with E-state index in [0.717, 1.165) is 6.07 Å². The number of hydrogen-bond acceptors (Lipinski definition) is 8. The first-order valence-electron chi connectivity index (χ1n) is 13.8. The van der Waals surface area contributed by atoms with Crippen LogP contribution in [0.3, 0.4) is 0 Å². The predicted molar refractivity (Wildman–Crippen MR) is 173 cm³/mol. The fourth-order valence-corrected chi connectivity index (χ4v) is 7.58. The zero-order valence-corrected chi connectivity index (χ0v) is 26.2. The molecule has 0 fully saturated rings. The average Bonchev–Trinajstić information content (AvgIpc) is 2.93. The number of benzene rings is 3. The standard InChI is InChI=1S/C31H34N4O8S2/c1-19(36)34-23-7-8-25(26(18-23)35-20(2)37)28(21-9-11-31(12-10-21,13-15-32)14-16-33)29-24-6-4-3-5-22(24)17-27(44(38,39)40)30(29)45(41,42)43/h3-12,17-18H,13-16,32-33H2,1-2H3,(H,34,36)(H,35,37)(H,38,39,40)(H,41,42,43). The van der Waals surface area contributed by atoms with Crippen molar-refractivity contribution in [1.82, 2.24) is 0 Å². The summed E-state index contributed by atoms with van der Waals surface area (Å²) in [7, 11) is -10.5. The zero-order chi connectivity index (χ0) is 33.2. The van der Waals surface area contributed by atoms with Crippen LogP contribution in [0.25, 0.3) is 16.3 Å². The summed E-state index contributed by atoms with van der Waals surface area (Å²) >= 11 is 0. The molecule has 1 aliphatic carbocycles. The van der Waals surface area contributed by atoms with E-state index in [9.17, 15) is 35.5 Å².